The molecule has 0 amide bonds. The van der Waals surface area contributed by atoms with Crippen molar-refractivity contribution >= 4 is 37.3 Å². The van der Waals surface area contributed by atoms with Crippen molar-refractivity contribution in [3.05, 3.63) is 15.9 Å². The summed E-state index contributed by atoms with van der Waals surface area (Å²) < 4.78 is 27.8. The lowest BCUT2D eigenvalue weighted by Gasteiger charge is -2.28. The normalized spacial score (nSPS) is 15.8. The number of aliphatic hydroxyl groups is 1. The molecule has 1 aromatic heterocycles. The second-order valence-corrected chi connectivity index (χ2v) is 7.70. The van der Waals surface area contributed by atoms with Crippen LogP contribution in [-0.2, 0) is 10.0 Å². The zero-order chi connectivity index (χ0) is 13.1. The van der Waals surface area contributed by atoms with Gasteiger partial charge in [-0.15, -0.1) is 11.3 Å². The van der Waals surface area contributed by atoms with Crippen LogP contribution in [0.3, 0.4) is 0 Å². The number of rotatable bonds is 6. The van der Waals surface area contributed by atoms with Crippen LogP contribution >= 0.6 is 27.3 Å². The van der Waals surface area contributed by atoms with Crippen molar-refractivity contribution in [2.24, 2.45) is 0 Å². The summed E-state index contributed by atoms with van der Waals surface area (Å²) >= 11 is 4.38. The van der Waals surface area contributed by atoms with Gasteiger partial charge in [0.15, 0.2) is 0 Å². The molecule has 0 spiro atoms. The zero-order valence-corrected chi connectivity index (χ0v) is 13.0. The Morgan fingerprint density at radius 2 is 2.24 bits per heavy atom. The van der Waals surface area contributed by atoms with E-state index in [1.54, 1.807) is 18.4 Å². The third kappa shape index (κ3) is 3.75. The Balaban J connectivity index is 2.98. The van der Waals surface area contributed by atoms with Crippen molar-refractivity contribution in [1.29, 1.82) is 0 Å². The molecule has 98 valence electrons. The first-order chi connectivity index (χ1) is 7.84. The highest BCUT2D eigenvalue weighted by Gasteiger charge is 2.30. The van der Waals surface area contributed by atoms with Gasteiger partial charge in [0.25, 0.3) is 10.0 Å². The van der Waals surface area contributed by atoms with Gasteiger partial charge in [-0.3, -0.25) is 0 Å². The summed E-state index contributed by atoms with van der Waals surface area (Å²) in [5.74, 6) is 0. The number of sulfonamides is 1. The average Bonchev–Trinajstić information content (AvgIpc) is 2.65. The number of halogens is 1. The molecule has 1 unspecified atom stereocenters. The van der Waals surface area contributed by atoms with Crippen molar-refractivity contribution in [1.82, 2.24) is 4.72 Å². The smallest absolute Gasteiger partial charge is 0.251 e. The first kappa shape index (κ1) is 15.1. The SMILES string of the molecule is CCC(C)(CCO)NS(=O)(=O)c1sccc1Br. The number of thiophene rings is 1. The molecule has 7 heteroatoms. The lowest BCUT2D eigenvalue weighted by molar-refractivity contribution is 0.233. The molecular weight excluding hydrogens is 326 g/mol. The van der Waals surface area contributed by atoms with Crippen LogP contribution in [-0.4, -0.2) is 25.7 Å². The molecule has 0 aliphatic carbocycles. The van der Waals surface area contributed by atoms with Crippen LogP contribution in [0.2, 0.25) is 0 Å². The van der Waals surface area contributed by atoms with E-state index in [4.69, 9.17) is 5.11 Å². The van der Waals surface area contributed by atoms with Crippen LogP contribution < -0.4 is 4.72 Å². The van der Waals surface area contributed by atoms with E-state index in [0.29, 0.717) is 17.3 Å². The summed E-state index contributed by atoms with van der Waals surface area (Å²) in [4.78, 5) is 0. The van der Waals surface area contributed by atoms with Gasteiger partial charge >= 0.3 is 0 Å². The molecular formula is C10H16BrNO3S2. The van der Waals surface area contributed by atoms with Gasteiger partial charge in [0.2, 0.25) is 0 Å². The van der Waals surface area contributed by atoms with Crippen molar-refractivity contribution in [2.75, 3.05) is 6.61 Å². The van der Waals surface area contributed by atoms with Crippen LogP contribution in [0.5, 0.6) is 0 Å². The van der Waals surface area contributed by atoms with Crippen LogP contribution in [0, 0.1) is 0 Å². The lowest BCUT2D eigenvalue weighted by Crippen LogP contribution is -2.45. The van der Waals surface area contributed by atoms with Gasteiger partial charge in [0.05, 0.1) is 0 Å². The molecule has 0 aliphatic heterocycles. The maximum Gasteiger partial charge on any atom is 0.251 e. The Kier molecular flexibility index (Phi) is 5.15. The van der Waals surface area contributed by atoms with Gasteiger partial charge < -0.3 is 5.11 Å². The average molecular weight is 342 g/mol. The third-order valence-corrected chi connectivity index (χ3v) is 6.96. The van der Waals surface area contributed by atoms with Crippen molar-refractivity contribution < 1.29 is 13.5 Å². The fourth-order valence-electron chi connectivity index (χ4n) is 1.39. The van der Waals surface area contributed by atoms with E-state index in [-0.39, 0.29) is 10.8 Å². The lowest BCUT2D eigenvalue weighted by atomic mass is 9.97. The summed E-state index contributed by atoms with van der Waals surface area (Å²) in [7, 11) is -3.53. The van der Waals surface area contributed by atoms with Crippen LogP contribution in [0.25, 0.3) is 0 Å². The monoisotopic (exact) mass is 341 g/mol. The zero-order valence-electron chi connectivity index (χ0n) is 9.73. The Hall–Kier alpha value is 0.0500. The van der Waals surface area contributed by atoms with Crippen LogP contribution in [0.1, 0.15) is 26.7 Å². The van der Waals surface area contributed by atoms with Gasteiger partial charge in [-0.25, -0.2) is 13.1 Å². The minimum atomic E-state index is -3.53. The highest BCUT2D eigenvalue weighted by molar-refractivity contribution is 9.10. The van der Waals surface area contributed by atoms with Gasteiger partial charge in [0, 0.05) is 16.6 Å². The summed E-state index contributed by atoms with van der Waals surface area (Å²) in [6.07, 6.45) is 1.02. The standard InChI is InChI=1S/C10H16BrNO3S2/c1-3-10(2,5-6-13)12-17(14,15)9-8(11)4-7-16-9/h4,7,12-13H,3,5-6H2,1-2H3. The molecule has 2 N–H and O–H groups in total. The number of aliphatic hydroxyl groups excluding tert-OH is 1. The van der Waals surface area contributed by atoms with Crippen molar-refractivity contribution in [3.63, 3.8) is 0 Å². The molecule has 0 fully saturated rings. The van der Waals surface area contributed by atoms with E-state index in [1.807, 2.05) is 6.92 Å². The Labute approximate surface area is 114 Å². The fraction of sp³-hybridized carbons (Fsp3) is 0.600. The van der Waals surface area contributed by atoms with Crippen molar-refractivity contribution in [3.8, 4) is 0 Å². The molecule has 4 nitrogen and oxygen atoms in total. The summed E-state index contributed by atoms with van der Waals surface area (Å²) in [6, 6.07) is 1.70. The number of nitrogens with one attached hydrogen (secondary N) is 1. The molecule has 1 atom stereocenters. The largest absolute Gasteiger partial charge is 0.396 e. The maximum atomic E-state index is 12.2. The number of hydrogen-bond donors (Lipinski definition) is 2. The predicted octanol–water partition coefficient (Wildman–Crippen LogP) is 2.34. The van der Waals surface area contributed by atoms with Crippen LogP contribution in [0.4, 0.5) is 0 Å². The Bertz CT molecular complexity index is 472. The molecule has 17 heavy (non-hydrogen) atoms. The third-order valence-electron chi connectivity index (χ3n) is 2.65. The number of hydrogen-bond acceptors (Lipinski definition) is 4. The molecule has 0 bridgehead atoms. The van der Waals surface area contributed by atoms with Gasteiger partial charge in [-0.05, 0) is 47.1 Å². The molecule has 1 rings (SSSR count). The van der Waals surface area contributed by atoms with E-state index in [2.05, 4.69) is 20.7 Å². The van der Waals surface area contributed by atoms with Gasteiger partial charge in [0.1, 0.15) is 4.21 Å². The fourth-order valence-corrected chi connectivity index (χ4v) is 5.24. The topological polar surface area (TPSA) is 66.4 Å². The highest BCUT2D eigenvalue weighted by atomic mass is 79.9. The molecule has 1 aromatic rings. The summed E-state index contributed by atoms with van der Waals surface area (Å²) in [5, 5.41) is 10.7. The summed E-state index contributed by atoms with van der Waals surface area (Å²) in [6.45, 7) is 3.64. The second-order valence-electron chi connectivity index (χ2n) is 4.05. The first-order valence-electron chi connectivity index (χ1n) is 5.22. The Morgan fingerprint density at radius 3 is 2.65 bits per heavy atom. The quantitative estimate of drug-likeness (QED) is 0.834. The minimum Gasteiger partial charge on any atom is -0.396 e. The molecule has 0 aliphatic rings. The molecule has 0 saturated heterocycles. The molecule has 0 aromatic carbocycles. The predicted molar refractivity (Wildman–Crippen MR) is 72.7 cm³/mol. The molecule has 0 radical (unpaired) electrons. The van der Waals surface area contributed by atoms with Crippen molar-refractivity contribution in [2.45, 2.75) is 36.4 Å². The second kappa shape index (κ2) is 5.79. The summed E-state index contributed by atoms with van der Waals surface area (Å²) in [5.41, 5.74) is -0.614. The van der Waals surface area contributed by atoms with E-state index >= 15 is 0 Å². The van der Waals surface area contributed by atoms with Crippen LogP contribution in [0.15, 0.2) is 20.1 Å². The van der Waals surface area contributed by atoms with Gasteiger partial charge in [-0.1, -0.05) is 6.92 Å². The van der Waals surface area contributed by atoms with Gasteiger partial charge in [-0.2, -0.15) is 0 Å². The Morgan fingerprint density at radius 1 is 1.59 bits per heavy atom. The van der Waals surface area contributed by atoms with E-state index < -0.39 is 15.6 Å². The van der Waals surface area contributed by atoms with E-state index in [9.17, 15) is 8.42 Å². The maximum absolute atomic E-state index is 12.2. The van der Waals surface area contributed by atoms with E-state index in [1.165, 1.54) is 11.3 Å². The molecule has 0 saturated carbocycles. The molecule has 1 heterocycles. The van der Waals surface area contributed by atoms with E-state index in [0.717, 1.165) is 0 Å². The highest BCUT2D eigenvalue weighted by Crippen LogP contribution is 2.29. The minimum absolute atomic E-state index is 0.0432. The first-order valence-corrected chi connectivity index (χ1v) is 8.38.